The summed E-state index contributed by atoms with van der Waals surface area (Å²) in [5.74, 6) is 0. The van der Waals surface area contributed by atoms with Gasteiger partial charge in [-0.1, -0.05) is 33.8 Å². The van der Waals surface area contributed by atoms with Crippen molar-refractivity contribution >= 4 is 11.8 Å². The molecule has 1 rings (SSSR count). The van der Waals surface area contributed by atoms with Crippen LogP contribution in [0.25, 0.3) is 0 Å². The van der Waals surface area contributed by atoms with Crippen LogP contribution in [0.1, 0.15) is 51.3 Å². The zero-order valence-corrected chi connectivity index (χ0v) is 11.7. The summed E-state index contributed by atoms with van der Waals surface area (Å²) >= 11 is 1.80. The molecule has 0 spiro atoms. The van der Waals surface area contributed by atoms with Crippen molar-refractivity contribution in [1.29, 1.82) is 0 Å². The lowest BCUT2D eigenvalue weighted by Gasteiger charge is -2.19. The fourth-order valence-corrected chi connectivity index (χ4v) is 2.32. The maximum atomic E-state index is 5.99. The van der Waals surface area contributed by atoms with Gasteiger partial charge in [-0.25, -0.2) is 4.98 Å². The average molecular weight is 238 g/mol. The van der Waals surface area contributed by atoms with Gasteiger partial charge in [-0.15, -0.1) is 11.8 Å². The van der Waals surface area contributed by atoms with Crippen LogP contribution in [-0.4, -0.2) is 9.73 Å². The van der Waals surface area contributed by atoms with Gasteiger partial charge in [0, 0.05) is 17.0 Å². The Balaban J connectivity index is 2.92. The molecule has 0 unspecified atom stereocenters. The Hall–Kier alpha value is -0.540. The summed E-state index contributed by atoms with van der Waals surface area (Å²) < 4.78 is 0.201. The summed E-state index contributed by atoms with van der Waals surface area (Å²) in [4.78, 5) is 4.52. The molecule has 0 amide bonds. The molecule has 2 nitrogen and oxygen atoms in total. The van der Waals surface area contributed by atoms with Gasteiger partial charge < -0.3 is 5.73 Å². The van der Waals surface area contributed by atoms with E-state index in [2.05, 4.69) is 45.7 Å². The molecule has 0 radical (unpaired) electrons. The van der Waals surface area contributed by atoms with Crippen molar-refractivity contribution in [3.05, 3.63) is 23.4 Å². The van der Waals surface area contributed by atoms with E-state index in [0.29, 0.717) is 0 Å². The molecule has 0 bridgehead atoms. The number of hydrogen-bond donors (Lipinski definition) is 1. The highest BCUT2D eigenvalue weighted by molar-refractivity contribution is 8.00. The minimum absolute atomic E-state index is 0.111. The Labute approximate surface area is 103 Å². The predicted octanol–water partition coefficient (Wildman–Crippen LogP) is 3.69. The average Bonchev–Trinajstić information content (AvgIpc) is 2.18. The van der Waals surface area contributed by atoms with Crippen LogP contribution in [0.15, 0.2) is 17.3 Å². The molecule has 1 aromatic rings. The van der Waals surface area contributed by atoms with Crippen molar-refractivity contribution in [2.75, 3.05) is 0 Å². The largest absolute Gasteiger partial charge is 0.324 e. The number of rotatable bonds is 3. The standard InChI is InChI=1S/C13H22N2S/c1-6-11(14)10-7-9(2)12(15-8-10)16-13(3,4)5/h7-8,11H,6,14H2,1-5H3/t11-/m1/s1. The van der Waals surface area contributed by atoms with Crippen molar-refractivity contribution in [2.45, 2.75) is 56.9 Å². The van der Waals surface area contributed by atoms with E-state index in [-0.39, 0.29) is 10.8 Å². The molecule has 0 saturated heterocycles. The molecule has 0 fully saturated rings. The van der Waals surface area contributed by atoms with Gasteiger partial charge in [0.25, 0.3) is 0 Å². The number of nitrogens with zero attached hydrogens (tertiary/aromatic N) is 1. The van der Waals surface area contributed by atoms with Crippen LogP contribution in [0.4, 0.5) is 0 Å². The Bertz CT molecular complexity index is 355. The van der Waals surface area contributed by atoms with Gasteiger partial charge in [0.1, 0.15) is 0 Å². The van der Waals surface area contributed by atoms with Crippen LogP contribution in [0.3, 0.4) is 0 Å². The van der Waals surface area contributed by atoms with E-state index in [1.54, 1.807) is 11.8 Å². The van der Waals surface area contributed by atoms with Gasteiger partial charge in [0.15, 0.2) is 0 Å². The van der Waals surface area contributed by atoms with E-state index in [9.17, 15) is 0 Å². The number of nitrogens with two attached hydrogens (primary N) is 1. The summed E-state index contributed by atoms with van der Waals surface area (Å²) in [6, 6.07) is 2.27. The monoisotopic (exact) mass is 238 g/mol. The van der Waals surface area contributed by atoms with E-state index in [4.69, 9.17) is 5.73 Å². The molecule has 3 heteroatoms. The highest BCUT2D eigenvalue weighted by Crippen LogP contribution is 2.33. The van der Waals surface area contributed by atoms with Crippen LogP contribution in [0.2, 0.25) is 0 Å². The smallest absolute Gasteiger partial charge is 0.0994 e. The summed E-state index contributed by atoms with van der Waals surface area (Å²) in [5.41, 5.74) is 8.35. The van der Waals surface area contributed by atoms with Crippen molar-refractivity contribution in [1.82, 2.24) is 4.98 Å². The normalized spacial score (nSPS) is 13.9. The molecule has 1 heterocycles. The van der Waals surface area contributed by atoms with Crippen LogP contribution in [0, 0.1) is 6.92 Å². The van der Waals surface area contributed by atoms with E-state index >= 15 is 0 Å². The summed E-state index contributed by atoms with van der Waals surface area (Å²) in [6.45, 7) is 10.8. The number of hydrogen-bond acceptors (Lipinski definition) is 3. The second-order valence-electron chi connectivity index (χ2n) is 5.12. The maximum Gasteiger partial charge on any atom is 0.0994 e. The van der Waals surface area contributed by atoms with Crippen LogP contribution >= 0.6 is 11.8 Å². The quantitative estimate of drug-likeness (QED) is 0.816. The molecule has 90 valence electrons. The fraction of sp³-hybridized carbons (Fsp3) is 0.615. The first kappa shape index (κ1) is 13.5. The van der Waals surface area contributed by atoms with Gasteiger partial charge in [-0.05, 0) is 24.5 Å². The van der Waals surface area contributed by atoms with Crippen LogP contribution < -0.4 is 5.73 Å². The number of thioether (sulfide) groups is 1. The Kier molecular flexibility index (Phi) is 4.39. The third-order valence-corrected chi connectivity index (χ3v) is 3.56. The molecule has 16 heavy (non-hydrogen) atoms. The number of pyridine rings is 1. The first-order valence-corrected chi connectivity index (χ1v) is 6.56. The third-order valence-electron chi connectivity index (χ3n) is 2.32. The van der Waals surface area contributed by atoms with Crippen LogP contribution in [0.5, 0.6) is 0 Å². The third kappa shape index (κ3) is 3.80. The molecule has 0 aromatic carbocycles. The van der Waals surface area contributed by atoms with Crippen molar-refractivity contribution < 1.29 is 0 Å². The molecule has 0 aliphatic carbocycles. The van der Waals surface area contributed by atoms with Gasteiger partial charge in [0.05, 0.1) is 5.03 Å². The molecular formula is C13H22N2S. The first-order chi connectivity index (χ1) is 7.33. The SMILES string of the molecule is CC[C@@H](N)c1cnc(SC(C)(C)C)c(C)c1. The zero-order chi connectivity index (χ0) is 12.3. The lowest BCUT2D eigenvalue weighted by Crippen LogP contribution is -2.11. The summed E-state index contributed by atoms with van der Waals surface area (Å²) in [7, 11) is 0. The number of aryl methyl sites for hydroxylation is 1. The second-order valence-corrected chi connectivity index (χ2v) is 6.94. The Morgan fingerprint density at radius 1 is 1.44 bits per heavy atom. The van der Waals surface area contributed by atoms with Gasteiger partial charge >= 0.3 is 0 Å². The number of aromatic nitrogens is 1. The van der Waals surface area contributed by atoms with Crippen molar-refractivity contribution in [3.8, 4) is 0 Å². The molecule has 2 N–H and O–H groups in total. The van der Waals surface area contributed by atoms with Crippen molar-refractivity contribution in [3.63, 3.8) is 0 Å². The Morgan fingerprint density at radius 2 is 2.06 bits per heavy atom. The lowest BCUT2D eigenvalue weighted by molar-refractivity contribution is 0.691. The van der Waals surface area contributed by atoms with Gasteiger partial charge in [0.2, 0.25) is 0 Å². The maximum absolute atomic E-state index is 5.99. The summed E-state index contributed by atoms with van der Waals surface area (Å²) in [5, 5.41) is 1.11. The summed E-state index contributed by atoms with van der Waals surface area (Å²) in [6.07, 6.45) is 2.86. The second kappa shape index (κ2) is 5.19. The fourth-order valence-electron chi connectivity index (χ4n) is 1.42. The first-order valence-electron chi connectivity index (χ1n) is 5.74. The highest BCUT2D eigenvalue weighted by Gasteiger charge is 2.15. The van der Waals surface area contributed by atoms with E-state index in [0.717, 1.165) is 17.0 Å². The van der Waals surface area contributed by atoms with Gasteiger partial charge in [-0.2, -0.15) is 0 Å². The van der Waals surface area contributed by atoms with Crippen LogP contribution in [-0.2, 0) is 0 Å². The lowest BCUT2D eigenvalue weighted by atomic mass is 10.1. The topological polar surface area (TPSA) is 38.9 Å². The van der Waals surface area contributed by atoms with Gasteiger partial charge in [-0.3, -0.25) is 0 Å². The zero-order valence-electron chi connectivity index (χ0n) is 10.9. The highest BCUT2D eigenvalue weighted by atomic mass is 32.2. The molecule has 1 aromatic heterocycles. The molecule has 0 aliphatic rings. The molecular weight excluding hydrogens is 216 g/mol. The molecule has 1 atom stereocenters. The molecule has 0 saturated carbocycles. The minimum atomic E-state index is 0.111. The predicted molar refractivity (Wildman–Crippen MR) is 71.8 cm³/mol. The van der Waals surface area contributed by atoms with E-state index < -0.39 is 0 Å². The van der Waals surface area contributed by atoms with E-state index in [1.807, 2.05) is 6.20 Å². The minimum Gasteiger partial charge on any atom is -0.324 e. The van der Waals surface area contributed by atoms with E-state index in [1.165, 1.54) is 5.56 Å². The van der Waals surface area contributed by atoms with Crippen molar-refractivity contribution in [2.24, 2.45) is 5.73 Å². The Morgan fingerprint density at radius 3 is 2.50 bits per heavy atom. The molecule has 0 aliphatic heterocycles.